The SMILES string of the molecule is COCCOCCOCCCNC(=O)[C@H]1CCCCN1Cc1cccc(C)c1. The van der Waals surface area contributed by atoms with E-state index < -0.39 is 0 Å². The van der Waals surface area contributed by atoms with E-state index in [-0.39, 0.29) is 11.9 Å². The molecule has 2 rings (SSSR count). The minimum Gasteiger partial charge on any atom is -0.382 e. The summed E-state index contributed by atoms with van der Waals surface area (Å²) in [5.74, 6) is 0.148. The number of piperidine rings is 1. The van der Waals surface area contributed by atoms with E-state index >= 15 is 0 Å². The predicted octanol–water partition coefficient (Wildman–Crippen LogP) is 2.54. The van der Waals surface area contributed by atoms with Gasteiger partial charge in [0.15, 0.2) is 0 Å². The van der Waals surface area contributed by atoms with Crippen LogP contribution in [-0.4, -0.2) is 70.1 Å². The molecule has 1 atom stereocenters. The topological polar surface area (TPSA) is 60.0 Å². The van der Waals surface area contributed by atoms with Crippen LogP contribution in [-0.2, 0) is 25.5 Å². The quantitative estimate of drug-likeness (QED) is 0.523. The molecule has 1 fully saturated rings. The zero-order chi connectivity index (χ0) is 20.0. The number of ether oxygens (including phenoxy) is 3. The van der Waals surface area contributed by atoms with Gasteiger partial charge in [0.25, 0.3) is 0 Å². The molecule has 1 aromatic rings. The van der Waals surface area contributed by atoms with Gasteiger partial charge in [-0.2, -0.15) is 0 Å². The normalized spacial score (nSPS) is 17.6. The first-order valence-electron chi connectivity index (χ1n) is 10.4. The van der Waals surface area contributed by atoms with Crippen molar-refractivity contribution >= 4 is 5.91 Å². The zero-order valence-electron chi connectivity index (χ0n) is 17.5. The van der Waals surface area contributed by atoms with Crippen LogP contribution >= 0.6 is 0 Å². The Kier molecular flexibility index (Phi) is 11.1. The fraction of sp³-hybridized carbons (Fsp3) is 0.682. The Morgan fingerprint density at radius 1 is 1.14 bits per heavy atom. The molecule has 1 N–H and O–H groups in total. The molecular formula is C22H36N2O4. The van der Waals surface area contributed by atoms with Crippen LogP contribution in [0.1, 0.15) is 36.8 Å². The summed E-state index contributed by atoms with van der Waals surface area (Å²) < 4.78 is 15.8. The largest absolute Gasteiger partial charge is 0.382 e. The van der Waals surface area contributed by atoms with E-state index in [1.54, 1.807) is 7.11 Å². The van der Waals surface area contributed by atoms with Crippen LogP contribution in [0.5, 0.6) is 0 Å². The Labute approximate surface area is 169 Å². The zero-order valence-corrected chi connectivity index (χ0v) is 17.5. The number of carbonyl (C=O) groups excluding carboxylic acids is 1. The molecule has 0 spiro atoms. The fourth-order valence-corrected chi connectivity index (χ4v) is 3.49. The second kappa shape index (κ2) is 13.7. The Balaban J connectivity index is 1.63. The average Bonchev–Trinajstić information content (AvgIpc) is 2.70. The maximum Gasteiger partial charge on any atom is 0.237 e. The number of nitrogens with zero attached hydrogens (tertiary/aromatic N) is 1. The molecule has 0 unspecified atom stereocenters. The number of benzene rings is 1. The van der Waals surface area contributed by atoms with Crippen molar-refractivity contribution in [2.75, 3.05) is 53.2 Å². The van der Waals surface area contributed by atoms with Crippen LogP contribution in [0.15, 0.2) is 24.3 Å². The van der Waals surface area contributed by atoms with Crippen LogP contribution in [0.2, 0.25) is 0 Å². The lowest BCUT2D eigenvalue weighted by molar-refractivity contribution is -0.127. The molecule has 6 nitrogen and oxygen atoms in total. The van der Waals surface area contributed by atoms with E-state index in [2.05, 4.69) is 41.4 Å². The summed E-state index contributed by atoms with van der Waals surface area (Å²) in [4.78, 5) is 15.0. The van der Waals surface area contributed by atoms with E-state index in [0.717, 1.165) is 38.8 Å². The highest BCUT2D eigenvalue weighted by Crippen LogP contribution is 2.20. The van der Waals surface area contributed by atoms with Gasteiger partial charge in [-0.1, -0.05) is 36.2 Å². The molecule has 0 aromatic heterocycles. The summed E-state index contributed by atoms with van der Waals surface area (Å²) in [5, 5.41) is 3.09. The second-order valence-corrected chi connectivity index (χ2v) is 7.33. The van der Waals surface area contributed by atoms with E-state index in [0.29, 0.717) is 39.6 Å². The number of amides is 1. The Morgan fingerprint density at radius 3 is 2.71 bits per heavy atom. The van der Waals surface area contributed by atoms with E-state index in [9.17, 15) is 4.79 Å². The van der Waals surface area contributed by atoms with E-state index in [4.69, 9.17) is 14.2 Å². The van der Waals surface area contributed by atoms with Crippen molar-refractivity contribution in [2.45, 2.75) is 45.2 Å². The number of methoxy groups -OCH3 is 1. The van der Waals surface area contributed by atoms with Crippen molar-refractivity contribution in [3.05, 3.63) is 35.4 Å². The molecule has 1 aliphatic heterocycles. The van der Waals surface area contributed by atoms with Gasteiger partial charge in [0, 0.05) is 26.8 Å². The van der Waals surface area contributed by atoms with Crippen LogP contribution in [0, 0.1) is 6.92 Å². The first-order chi connectivity index (χ1) is 13.7. The van der Waals surface area contributed by atoms with E-state index in [1.807, 2.05) is 0 Å². The summed E-state index contributed by atoms with van der Waals surface area (Å²) in [7, 11) is 1.66. The summed E-state index contributed by atoms with van der Waals surface area (Å²) in [6.45, 7) is 7.56. The molecule has 0 bridgehead atoms. The molecule has 1 heterocycles. The number of likely N-dealkylation sites (tertiary alicyclic amines) is 1. The highest BCUT2D eigenvalue weighted by atomic mass is 16.5. The van der Waals surface area contributed by atoms with Crippen molar-refractivity contribution in [1.29, 1.82) is 0 Å². The van der Waals surface area contributed by atoms with Gasteiger partial charge in [0.2, 0.25) is 5.91 Å². The standard InChI is InChI=1S/C22H36N2O4/c1-19-7-5-8-20(17-19)18-24-11-4-3-9-21(24)22(25)23-10-6-12-27-15-16-28-14-13-26-2/h5,7-8,17,21H,3-4,6,9-16,18H2,1-2H3,(H,23,25)/t21-/m1/s1. The molecular weight excluding hydrogens is 356 g/mol. The molecule has 0 aliphatic carbocycles. The summed E-state index contributed by atoms with van der Waals surface area (Å²) in [5.41, 5.74) is 2.54. The number of hydrogen-bond donors (Lipinski definition) is 1. The molecule has 1 aliphatic rings. The molecule has 28 heavy (non-hydrogen) atoms. The van der Waals surface area contributed by atoms with Gasteiger partial charge in [0.1, 0.15) is 0 Å². The van der Waals surface area contributed by atoms with Crippen LogP contribution in [0.25, 0.3) is 0 Å². The van der Waals surface area contributed by atoms with Gasteiger partial charge in [-0.05, 0) is 38.3 Å². The van der Waals surface area contributed by atoms with Gasteiger partial charge in [0.05, 0.1) is 32.5 Å². The van der Waals surface area contributed by atoms with Gasteiger partial charge >= 0.3 is 0 Å². The van der Waals surface area contributed by atoms with Crippen LogP contribution < -0.4 is 5.32 Å². The molecule has 0 saturated carbocycles. The minimum absolute atomic E-state index is 0.0237. The number of aryl methyl sites for hydroxylation is 1. The predicted molar refractivity (Wildman–Crippen MR) is 110 cm³/mol. The van der Waals surface area contributed by atoms with Crippen molar-refractivity contribution < 1.29 is 19.0 Å². The first-order valence-corrected chi connectivity index (χ1v) is 10.4. The van der Waals surface area contributed by atoms with Crippen LogP contribution in [0.3, 0.4) is 0 Å². The smallest absolute Gasteiger partial charge is 0.237 e. The second-order valence-electron chi connectivity index (χ2n) is 7.33. The van der Waals surface area contributed by atoms with Crippen LogP contribution in [0.4, 0.5) is 0 Å². The molecule has 6 heteroatoms. The van der Waals surface area contributed by atoms with Crippen molar-refractivity contribution in [3.63, 3.8) is 0 Å². The maximum atomic E-state index is 12.7. The third kappa shape index (κ3) is 8.69. The van der Waals surface area contributed by atoms with Gasteiger partial charge < -0.3 is 19.5 Å². The summed E-state index contributed by atoms with van der Waals surface area (Å²) in [6, 6.07) is 8.53. The first kappa shape index (κ1) is 22.8. The van der Waals surface area contributed by atoms with Crippen molar-refractivity contribution in [3.8, 4) is 0 Å². The Morgan fingerprint density at radius 2 is 1.93 bits per heavy atom. The van der Waals surface area contributed by atoms with Crippen molar-refractivity contribution in [1.82, 2.24) is 10.2 Å². The maximum absolute atomic E-state index is 12.7. The lowest BCUT2D eigenvalue weighted by Gasteiger charge is -2.34. The Bertz CT molecular complexity index is 567. The van der Waals surface area contributed by atoms with Crippen molar-refractivity contribution in [2.24, 2.45) is 0 Å². The van der Waals surface area contributed by atoms with Gasteiger partial charge in [-0.15, -0.1) is 0 Å². The third-order valence-electron chi connectivity index (χ3n) is 4.95. The molecule has 1 amide bonds. The summed E-state index contributed by atoms with van der Waals surface area (Å²) in [6.07, 6.45) is 4.03. The number of rotatable bonds is 13. The lowest BCUT2D eigenvalue weighted by Crippen LogP contribution is -2.49. The third-order valence-corrected chi connectivity index (χ3v) is 4.95. The molecule has 158 valence electrons. The molecule has 1 aromatic carbocycles. The number of nitrogens with one attached hydrogen (secondary N) is 1. The fourth-order valence-electron chi connectivity index (χ4n) is 3.49. The van der Waals surface area contributed by atoms with E-state index in [1.165, 1.54) is 11.1 Å². The number of hydrogen-bond acceptors (Lipinski definition) is 5. The monoisotopic (exact) mass is 392 g/mol. The minimum atomic E-state index is -0.0237. The molecule has 0 radical (unpaired) electrons. The summed E-state index contributed by atoms with van der Waals surface area (Å²) >= 11 is 0. The number of carbonyl (C=O) groups is 1. The highest BCUT2D eigenvalue weighted by Gasteiger charge is 2.28. The molecule has 1 saturated heterocycles. The lowest BCUT2D eigenvalue weighted by atomic mass is 10.00. The van der Waals surface area contributed by atoms with Gasteiger partial charge in [-0.3, -0.25) is 9.69 Å². The highest BCUT2D eigenvalue weighted by molar-refractivity contribution is 5.81. The van der Waals surface area contributed by atoms with Gasteiger partial charge in [-0.25, -0.2) is 0 Å². The Hall–Kier alpha value is -1.47. The average molecular weight is 393 g/mol.